The Morgan fingerprint density at radius 3 is 1.71 bits per heavy atom. The van der Waals surface area contributed by atoms with Crippen molar-refractivity contribution >= 4 is 0 Å². The Labute approximate surface area is 109 Å². The van der Waals surface area contributed by atoms with Gasteiger partial charge in [-0.2, -0.15) is 0 Å². The second-order valence-corrected chi connectivity index (χ2v) is 6.33. The SMILES string of the molecule is CNCC(C)CN(CCC(C)C)CCC(C)C. The van der Waals surface area contributed by atoms with Crippen LogP contribution in [0.3, 0.4) is 0 Å². The molecule has 17 heavy (non-hydrogen) atoms. The van der Waals surface area contributed by atoms with E-state index in [1.54, 1.807) is 0 Å². The van der Waals surface area contributed by atoms with Crippen molar-refractivity contribution in [2.24, 2.45) is 17.8 Å². The zero-order chi connectivity index (χ0) is 13.3. The van der Waals surface area contributed by atoms with Crippen LogP contribution in [0.1, 0.15) is 47.5 Å². The lowest BCUT2D eigenvalue weighted by Crippen LogP contribution is -2.34. The molecule has 0 rings (SSSR count). The molecule has 0 bridgehead atoms. The maximum Gasteiger partial charge on any atom is 0.00191 e. The van der Waals surface area contributed by atoms with Crippen molar-refractivity contribution in [1.82, 2.24) is 10.2 Å². The van der Waals surface area contributed by atoms with E-state index in [1.807, 2.05) is 7.05 Å². The van der Waals surface area contributed by atoms with Crippen molar-refractivity contribution in [3.8, 4) is 0 Å². The van der Waals surface area contributed by atoms with Crippen molar-refractivity contribution < 1.29 is 0 Å². The van der Waals surface area contributed by atoms with Gasteiger partial charge in [0.15, 0.2) is 0 Å². The minimum atomic E-state index is 0.749. The van der Waals surface area contributed by atoms with Crippen molar-refractivity contribution in [2.75, 3.05) is 33.2 Å². The summed E-state index contributed by atoms with van der Waals surface area (Å²) in [6, 6.07) is 0. The summed E-state index contributed by atoms with van der Waals surface area (Å²) in [6.07, 6.45) is 2.65. The monoisotopic (exact) mass is 242 g/mol. The molecule has 1 unspecified atom stereocenters. The van der Waals surface area contributed by atoms with Gasteiger partial charge in [-0.05, 0) is 57.3 Å². The van der Waals surface area contributed by atoms with E-state index in [1.165, 1.54) is 32.5 Å². The number of hydrogen-bond acceptors (Lipinski definition) is 2. The van der Waals surface area contributed by atoms with Crippen LogP contribution >= 0.6 is 0 Å². The van der Waals surface area contributed by atoms with Crippen molar-refractivity contribution in [1.29, 1.82) is 0 Å². The van der Waals surface area contributed by atoms with E-state index in [4.69, 9.17) is 0 Å². The molecule has 0 radical (unpaired) electrons. The number of nitrogens with one attached hydrogen (secondary N) is 1. The summed E-state index contributed by atoms with van der Waals surface area (Å²) in [7, 11) is 2.04. The highest BCUT2D eigenvalue weighted by Crippen LogP contribution is 2.08. The molecule has 104 valence electrons. The highest BCUT2D eigenvalue weighted by Gasteiger charge is 2.11. The zero-order valence-corrected chi connectivity index (χ0v) is 12.9. The Balaban J connectivity index is 4.00. The molecule has 0 heterocycles. The average Bonchev–Trinajstić information content (AvgIpc) is 2.22. The van der Waals surface area contributed by atoms with Crippen LogP contribution < -0.4 is 5.32 Å². The number of rotatable bonds is 10. The standard InChI is InChI=1S/C15H34N2/c1-13(2)7-9-17(10-8-14(3)4)12-15(5)11-16-6/h13-16H,7-12H2,1-6H3. The molecule has 2 nitrogen and oxygen atoms in total. The van der Waals surface area contributed by atoms with Gasteiger partial charge < -0.3 is 10.2 Å². The summed E-state index contributed by atoms with van der Waals surface area (Å²) in [6.45, 7) is 16.5. The molecule has 0 saturated carbocycles. The molecule has 1 N–H and O–H groups in total. The lowest BCUT2D eigenvalue weighted by Gasteiger charge is -2.27. The van der Waals surface area contributed by atoms with Crippen LogP contribution in [0.25, 0.3) is 0 Å². The summed E-state index contributed by atoms with van der Waals surface area (Å²) in [5.74, 6) is 2.38. The smallest absolute Gasteiger partial charge is 0.00191 e. The van der Waals surface area contributed by atoms with Crippen LogP contribution in [0.5, 0.6) is 0 Å². The topological polar surface area (TPSA) is 15.3 Å². The highest BCUT2D eigenvalue weighted by atomic mass is 15.1. The first-order valence-corrected chi connectivity index (χ1v) is 7.32. The van der Waals surface area contributed by atoms with Gasteiger partial charge in [-0.25, -0.2) is 0 Å². The van der Waals surface area contributed by atoms with Crippen LogP contribution in [0, 0.1) is 17.8 Å². The molecule has 0 aromatic heterocycles. The lowest BCUT2D eigenvalue weighted by molar-refractivity contribution is 0.213. The largest absolute Gasteiger partial charge is 0.319 e. The molecule has 0 aliphatic heterocycles. The Hall–Kier alpha value is -0.0800. The van der Waals surface area contributed by atoms with Gasteiger partial charge in [-0.3, -0.25) is 0 Å². The van der Waals surface area contributed by atoms with E-state index in [2.05, 4.69) is 44.8 Å². The Kier molecular flexibility index (Phi) is 9.85. The Morgan fingerprint density at radius 1 is 0.882 bits per heavy atom. The van der Waals surface area contributed by atoms with Crippen LogP contribution in [-0.2, 0) is 0 Å². The van der Waals surface area contributed by atoms with Gasteiger partial charge in [0.2, 0.25) is 0 Å². The molecular weight excluding hydrogens is 208 g/mol. The van der Waals surface area contributed by atoms with Gasteiger partial charge in [0, 0.05) is 6.54 Å². The van der Waals surface area contributed by atoms with Gasteiger partial charge in [0.25, 0.3) is 0 Å². The Morgan fingerprint density at radius 2 is 1.35 bits per heavy atom. The first kappa shape index (κ1) is 16.9. The molecule has 0 saturated heterocycles. The van der Waals surface area contributed by atoms with Gasteiger partial charge in [0.05, 0.1) is 0 Å². The predicted molar refractivity (Wildman–Crippen MR) is 78.4 cm³/mol. The van der Waals surface area contributed by atoms with Gasteiger partial charge >= 0.3 is 0 Å². The summed E-state index contributed by atoms with van der Waals surface area (Å²) in [5, 5.41) is 3.28. The van der Waals surface area contributed by atoms with E-state index in [-0.39, 0.29) is 0 Å². The van der Waals surface area contributed by atoms with Gasteiger partial charge in [0.1, 0.15) is 0 Å². The summed E-state index contributed by atoms with van der Waals surface area (Å²) < 4.78 is 0. The normalized spacial score (nSPS) is 13.9. The second-order valence-electron chi connectivity index (χ2n) is 6.33. The summed E-state index contributed by atoms with van der Waals surface area (Å²) in [4.78, 5) is 2.65. The predicted octanol–water partition coefficient (Wildman–Crippen LogP) is 3.24. The first-order valence-electron chi connectivity index (χ1n) is 7.32. The fourth-order valence-corrected chi connectivity index (χ4v) is 2.03. The van der Waals surface area contributed by atoms with Gasteiger partial charge in [-0.1, -0.05) is 34.6 Å². The number of nitrogens with zero attached hydrogens (tertiary/aromatic N) is 1. The second kappa shape index (κ2) is 9.90. The molecule has 1 atom stereocenters. The molecule has 0 aromatic rings. The maximum atomic E-state index is 3.28. The van der Waals surface area contributed by atoms with Gasteiger partial charge in [-0.15, -0.1) is 0 Å². The van der Waals surface area contributed by atoms with E-state index < -0.39 is 0 Å². The fraction of sp³-hybridized carbons (Fsp3) is 1.00. The van der Waals surface area contributed by atoms with Crippen molar-refractivity contribution in [3.05, 3.63) is 0 Å². The van der Waals surface area contributed by atoms with Crippen molar-refractivity contribution in [2.45, 2.75) is 47.5 Å². The summed E-state index contributed by atoms with van der Waals surface area (Å²) >= 11 is 0. The van der Waals surface area contributed by atoms with E-state index in [9.17, 15) is 0 Å². The van der Waals surface area contributed by atoms with Crippen LogP contribution in [0.15, 0.2) is 0 Å². The molecule has 2 heteroatoms. The van der Waals surface area contributed by atoms with Crippen LogP contribution in [-0.4, -0.2) is 38.1 Å². The molecule has 0 aliphatic rings. The van der Waals surface area contributed by atoms with Crippen LogP contribution in [0.4, 0.5) is 0 Å². The molecule has 0 aliphatic carbocycles. The molecule has 0 fully saturated rings. The van der Waals surface area contributed by atoms with E-state index in [0.717, 1.165) is 24.3 Å². The fourth-order valence-electron chi connectivity index (χ4n) is 2.03. The highest BCUT2D eigenvalue weighted by molar-refractivity contribution is 4.66. The third-order valence-corrected chi connectivity index (χ3v) is 3.17. The van der Waals surface area contributed by atoms with Crippen LogP contribution in [0.2, 0.25) is 0 Å². The lowest BCUT2D eigenvalue weighted by atomic mass is 10.1. The minimum absolute atomic E-state index is 0.749. The Bertz CT molecular complexity index is 154. The third-order valence-electron chi connectivity index (χ3n) is 3.17. The summed E-state index contributed by atoms with van der Waals surface area (Å²) in [5.41, 5.74) is 0. The molecule has 0 amide bonds. The minimum Gasteiger partial charge on any atom is -0.319 e. The zero-order valence-electron chi connectivity index (χ0n) is 12.9. The maximum absolute atomic E-state index is 3.28. The molecular formula is C15H34N2. The average molecular weight is 242 g/mol. The van der Waals surface area contributed by atoms with Crippen molar-refractivity contribution in [3.63, 3.8) is 0 Å². The number of hydrogen-bond donors (Lipinski definition) is 1. The third kappa shape index (κ3) is 10.8. The van der Waals surface area contributed by atoms with E-state index in [0.29, 0.717) is 0 Å². The quantitative estimate of drug-likeness (QED) is 0.633. The molecule has 0 spiro atoms. The molecule has 0 aromatic carbocycles. The van der Waals surface area contributed by atoms with E-state index >= 15 is 0 Å². The first-order chi connectivity index (χ1) is 7.95.